The number of hydrogen-bond donors (Lipinski definition) is 1. The molecule has 1 amide bonds. The molecule has 9 heteroatoms. The maximum Gasteiger partial charge on any atom is 0.262 e. The topological polar surface area (TPSA) is 72.5 Å². The summed E-state index contributed by atoms with van der Waals surface area (Å²) in [6, 6.07) is 2.37. The van der Waals surface area contributed by atoms with Gasteiger partial charge in [-0.3, -0.25) is 4.79 Å². The number of rotatable bonds is 3. The molecule has 0 unspecified atom stereocenters. The van der Waals surface area contributed by atoms with E-state index in [-0.39, 0.29) is 26.5 Å². The summed E-state index contributed by atoms with van der Waals surface area (Å²) in [4.78, 5) is 11.9. The summed E-state index contributed by atoms with van der Waals surface area (Å²) < 4.78 is 28.1. The summed E-state index contributed by atoms with van der Waals surface area (Å²) in [5.74, 6) is -0.490. The molecule has 1 fully saturated rings. The zero-order chi connectivity index (χ0) is 15.6. The Morgan fingerprint density at radius 2 is 1.86 bits per heavy atom. The van der Waals surface area contributed by atoms with Gasteiger partial charge in [-0.1, -0.05) is 23.2 Å². The summed E-state index contributed by atoms with van der Waals surface area (Å²) in [6.45, 7) is 1.13. The number of amides is 1. The van der Waals surface area contributed by atoms with Crippen molar-refractivity contribution in [3.63, 3.8) is 0 Å². The third-order valence-corrected chi connectivity index (χ3v) is 5.15. The summed E-state index contributed by atoms with van der Waals surface area (Å²) in [5.41, 5.74) is -0.0186. The highest BCUT2D eigenvalue weighted by atomic mass is 35.7. The van der Waals surface area contributed by atoms with Crippen LogP contribution in [0.15, 0.2) is 17.0 Å². The molecule has 0 aromatic heterocycles. The van der Waals surface area contributed by atoms with Crippen molar-refractivity contribution in [2.24, 2.45) is 0 Å². The number of carbonyl (C=O) groups excluding carboxylic acids is 1. The van der Waals surface area contributed by atoms with Crippen LogP contribution in [-0.2, 0) is 13.8 Å². The monoisotopic (exact) mass is 371 g/mol. The standard InChI is InChI=1S/C12H12Cl3NO4S/c13-7-5-9(11(14)10(6-7)21(15,18)19)12(17)16-8-1-3-20-4-2-8/h5-6,8H,1-4H2,(H,16,17). The van der Waals surface area contributed by atoms with E-state index in [9.17, 15) is 13.2 Å². The maximum atomic E-state index is 12.2. The number of hydrogen-bond acceptors (Lipinski definition) is 4. The molecule has 0 atom stereocenters. The summed E-state index contributed by atoms with van der Waals surface area (Å²) in [5, 5.41) is 2.61. The zero-order valence-electron chi connectivity index (χ0n) is 10.7. The first-order valence-electron chi connectivity index (χ1n) is 6.11. The van der Waals surface area contributed by atoms with Gasteiger partial charge in [-0.05, 0) is 25.0 Å². The quantitative estimate of drug-likeness (QED) is 0.828. The van der Waals surface area contributed by atoms with Crippen molar-refractivity contribution < 1.29 is 17.9 Å². The van der Waals surface area contributed by atoms with E-state index in [0.29, 0.717) is 26.1 Å². The second-order valence-electron chi connectivity index (χ2n) is 4.56. The average molecular weight is 373 g/mol. The molecule has 1 aromatic rings. The minimum Gasteiger partial charge on any atom is -0.381 e. The van der Waals surface area contributed by atoms with Crippen LogP contribution < -0.4 is 5.32 Å². The molecule has 0 bridgehead atoms. The molecule has 1 saturated heterocycles. The molecule has 1 heterocycles. The van der Waals surface area contributed by atoms with E-state index in [2.05, 4.69) is 5.32 Å². The molecule has 2 rings (SSSR count). The Bertz CT molecular complexity index is 657. The van der Waals surface area contributed by atoms with E-state index in [1.54, 1.807) is 0 Å². The highest BCUT2D eigenvalue weighted by molar-refractivity contribution is 8.13. The van der Waals surface area contributed by atoms with Crippen molar-refractivity contribution in [2.45, 2.75) is 23.8 Å². The Morgan fingerprint density at radius 3 is 2.43 bits per heavy atom. The lowest BCUT2D eigenvalue weighted by molar-refractivity contribution is 0.0696. The van der Waals surface area contributed by atoms with Crippen molar-refractivity contribution in [1.29, 1.82) is 0 Å². The van der Waals surface area contributed by atoms with Gasteiger partial charge in [0.05, 0.1) is 10.6 Å². The smallest absolute Gasteiger partial charge is 0.262 e. The van der Waals surface area contributed by atoms with Gasteiger partial charge in [0.15, 0.2) is 0 Å². The van der Waals surface area contributed by atoms with Gasteiger partial charge in [-0.25, -0.2) is 8.42 Å². The SMILES string of the molecule is O=C(NC1CCOCC1)c1cc(Cl)cc(S(=O)(=O)Cl)c1Cl. The molecular formula is C12H12Cl3NO4S. The summed E-state index contributed by atoms with van der Waals surface area (Å²) >= 11 is 11.8. The number of halogens is 3. The molecule has 116 valence electrons. The molecule has 0 saturated carbocycles. The van der Waals surface area contributed by atoms with Crippen molar-refractivity contribution in [3.8, 4) is 0 Å². The fraction of sp³-hybridized carbons (Fsp3) is 0.417. The van der Waals surface area contributed by atoms with Crippen molar-refractivity contribution in [2.75, 3.05) is 13.2 Å². The van der Waals surface area contributed by atoms with Gasteiger partial charge in [0.2, 0.25) is 0 Å². The van der Waals surface area contributed by atoms with Crippen LogP contribution >= 0.6 is 33.9 Å². The predicted molar refractivity (Wildman–Crippen MR) is 80.8 cm³/mol. The maximum absolute atomic E-state index is 12.2. The van der Waals surface area contributed by atoms with Crippen LogP contribution in [0.1, 0.15) is 23.2 Å². The Labute approximate surface area is 136 Å². The molecule has 0 radical (unpaired) electrons. The van der Waals surface area contributed by atoms with Gasteiger partial charge in [0.1, 0.15) is 4.90 Å². The van der Waals surface area contributed by atoms with E-state index in [4.69, 9.17) is 38.6 Å². The highest BCUT2D eigenvalue weighted by Gasteiger charge is 2.24. The van der Waals surface area contributed by atoms with Gasteiger partial charge in [-0.15, -0.1) is 0 Å². The first-order chi connectivity index (χ1) is 9.79. The van der Waals surface area contributed by atoms with Gasteiger partial charge < -0.3 is 10.1 Å². The van der Waals surface area contributed by atoms with Crippen LogP contribution in [0, 0.1) is 0 Å². The second-order valence-corrected chi connectivity index (χ2v) is 7.91. The lowest BCUT2D eigenvalue weighted by Crippen LogP contribution is -2.39. The van der Waals surface area contributed by atoms with Gasteiger partial charge in [-0.2, -0.15) is 0 Å². The molecule has 1 aliphatic rings. The Balaban J connectivity index is 2.30. The predicted octanol–water partition coefficient (Wildman–Crippen LogP) is 2.83. The van der Waals surface area contributed by atoms with E-state index in [0.717, 1.165) is 6.07 Å². The number of carbonyl (C=O) groups is 1. The first-order valence-corrected chi connectivity index (χ1v) is 9.18. The molecule has 0 aliphatic carbocycles. The zero-order valence-corrected chi connectivity index (χ0v) is 13.8. The molecule has 21 heavy (non-hydrogen) atoms. The van der Waals surface area contributed by atoms with Crippen LogP contribution in [0.3, 0.4) is 0 Å². The van der Waals surface area contributed by atoms with E-state index >= 15 is 0 Å². The van der Waals surface area contributed by atoms with Crippen LogP contribution in [-0.4, -0.2) is 33.6 Å². The lowest BCUT2D eigenvalue weighted by Gasteiger charge is -2.23. The van der Waals surface area contributed by atoms with Gasteiger partial charge in [0.25, 0.3) is 15.0 Å². The minimum atomic E-state index is -4.09. The normalized spacial score (nSPS) is 16.7. The van der Waals surface area contributed by atoms with Crippen LogP contribution in [0.2, 0.25) is 10.0 Å². The van der Waals surface area contributed by atoms with Crippen LogP contribution in [0.5, 0.6) is 0 Å². The third-order valence-electron chi connectivity index (χ3n) is 3.07. The number of benzene rings is 1. The number of nitrogens with one attached hydrogen (secondary N) is 1. The molecule has 5 nitrogen and oxygen atoms in total. The molecule has 1 N–H and O–H groups in total. The molecule has 1 aliphatic heterocycles. The molecular weight excluding hydrogens is 361 g/mol. The van der Waals surface area contributed by atoms with Crippen molar-refractivity contribution >= 4 is 48.8 Å². The minimum absolute atomic E-state index is 0.0186. The average Bonchev–Trinajstić information content (AvgIpc) is 2.40. The van der Waals surface area contributed by atoms with Gasteiger partial charge >= 0.3 is 0 Å². The first kappa shape index (κ1) is 16.8. The summed E-state index contributed by atoms with van der Waals surface area (Å²) in [6.07, 6.45) is 1.37. The van der Waals surface area contributed by atoms with Gasteiger partial charge in [0, 0.05) is 35.0 Å². The second kappa shape index (κ2) is 6.71. The Morgan fingerprint density at radius 1 is 1.24 bits per heavy atom. The Kier molecular flexibility index (Phi) is 5.38. The van der Waals surface area contributed by atoms with E-state index < -0.39 is 15.0 Å². The van der Waals surface area contributed by atoms with Crippen molar-refractivity contribution in [3.05, 3.63) is 27.7 Å². The molecule has 1 aromatic carbocycles. The fourth-order valence-electron chi connectivity index (χ4n) is 2.01. The number of ether oxygens (including phenoxy) is 1. The third kappa shape index (κ3) is 4.23. The van der Waals surface area contributed by atoms with Crippen LogP contribution in [0.4, 0.5) is 0 Å². The summed E-state index contributed by atoms with van der Waals surface area (Å²) in [7, 11) is 1.20. The van der Waals surface area contributed by atoms with E-state index in [1.165, 1.54) is 6.07 Å². The van der Waals surface area contributed by atoms with Crippen molar-refractivity contribution in [1.82, 2.24) is 5.32 Å². The lowest BCUT2D eigenvalue weighted by atomic mass is 10.1. The molecule has 0 spiro atoms. The highest BCUT2D eigenvalue weighted by Crippen LogP contribution is 2.31. The van der Waals surface area contributed by atoms with E-state index in [1.807, 2.05) is 0 Å². The Hall–Kier alpha value is -0.530. The van der Waals surface area contributed by atoms with Crippen LogP contribution in [0.25, 0.3) is 0 Å². The largest absolute Gasteiger partial charge is 0.381 e. The fourth-order valence-corrected chi connectivity index (χ4v) is 3.87.